The number of amides is 2. The molecule has 2 aromatic rings. The average molecular weight is 327 g/mol. The van der Waals surface area contributed by atoms with Crippen LogP contribution in [0.25, 0.3) is 0 Å². The van der Waals surface area contributed by atoms with Crippen LogP contribution in [0.4, 0.5) is 5.69 Å². The molecule has 2 N–H and O–H groups in total. The van der Waals surface area contributed by atoms with E-state index in [-0.39, 0.29) is 17.8 Å². The van der Waals surface area contributed by atoms with Gasteiger partial charge in [0, 0.05) is 24.0 Å². The summed E-state index contributed by atoms with van der Waals surface area (Å²) in [5, 5.41) is 16.9. The predicted octanol–water partition coefficient (Wildman–Crippen LogP) is 0.870. The van der Waals surface area contributed by atoms with E-state index in [2.05, 4.69) is 20.8 Å². The van der Waals surface area contributed by atoms with Gasteiger partial charge >= 0.3 is 0 Å². The number of pyridine rings is 1. The van der Waals surface area contributed by atoms with Crippen molar-refractivity contribution < 1.29 is 14.5 Å². The minimum atomic E-state index is -0.563. The molecule has 0 fully saturated rings. The van der Waals surface area contributed by atoms with Gasteiger partial charge in [-0.3, -0.25) is 24.7 Å². The zero-order chi connectivity index (χ0) is 17.4. The summed E-state index contributed by atoms with van der Waals surface area (Å²) >= 11 is 0. The molecule has 0 bridgehead atoms. The molecule has 2 amide bonds. The Balaban J connectivity index is 1.85. The van der Waals surface area contributed by atoms with E-state index in [9.17, 15) is 19.7 Å². The largest absolute Gasteiger partial charge is 0.343 e. The highest BCUT2D eigenvalue weighted by Crippen LogP contribution is 2.14. The average Bonchev–Trinajstić information content (AvgIpc) is 2.60. The molecule has 9 nitrogen and oxygen atoms in total. The van der Waals surface area contributed by atoms with E-state index in [4.69, 9.17) is 0 Å². The number of carbonyl (C=O) groups excluding carboxylic acids is 2. The molecule has 0 aliphatic rings. The van der Waals surface area contributed by atoms with Gasteiger partial charge in [0.15, 0.2) is 0 Å². The number of nitro groups is 1. The van der Waals surface area contributed by atoms with Crippen LogP contribution in [0.15, 0.2) is 53.9 Å². The number of benzene rings is 1. The van der Waals surface area contributed by atoms with Crippen LogP contribution in [-0.4, -0.2) is 34.5 Å². The van der Waals surface area contributed by atoms with Crippen molar-refractivity contribution >= 4 is 23.7 Å². The topological polar surface area (TPSA) is 127 Å². The first-order chi connectivity index (χ1) is 11.6. The minimum Gasteiger partial charge on any atom is -0.343 e. The zero-order valence-electron chi connectivity index (χ0n) is 12.4. The van der Waals surface area contributed by atoms with Crippen molar-refractivity contribution in [2.75, 3.05) is 6.54 Å². The number of para-hydroxylation sites is 1. The zero-order valence-corrected chi connectivity index (χ0v) is 12.4. The Bertz CT molecular complexity index is 776. The standard InChI is InChI=1S/C15H13N5O4/c21-14(10-17-15(22)11-5-7-16-8-6-11)19-18-9-12-3-1-2-4-13(12)20(23)24/h1-9H,10H2,(H,17,22)(H,19,21)/b18-9-. The summed E-state index contributed by atoms with van der Waals surface area (Å²) in [6, 6.07) is 9.00. The lowest BCUT2D eigenvalue weighted by Gasteiger charge is -2.03. The molecule has 0 aliphatic carbocycles. The van der Waals surface area contributed by atoms with Crippen LogP contribution < -0.4 is 10.7 Å². The molecular formula is C15H13N5O4. The number of hydrogen-bond donors (Lipinski definition) is 2. The van der Waals surface area contributed by atoms with Crippen molar-refractivity contribution in [2.24, 2.45) is 5.10 Å². The van der Waals surface area contributed by atoms with E-state index in [1.54, 1.807) is 6.07 Å². The van der Waals surface area contributed by atoms with E-state index in [0.29, 0.717) is 5.56 Å². The van der Waals surface area contributed by atoms with Crippen LogP contribution in [-0.2, 0) is 4.79 Å². The second kappa shape index (κ2) is 8.13. The summed E-state index contributed by atoms with van der Waals surface area (Å²) in [6.07, 6.45) is 4.10. The quantitative estimate of drug-likeness (QED) is 0.462. The third kappa shape index (κ3) is 4.70. The fourth-order valence-corrected chi connectivity index (χ4v) is 1.74. The molecule has 24 heavy (non-hydrogen) atoms. The van der Waals surface area contributed by atoms with E-state index < -0.39 is 16.7 Å². The molecule has 0 saturated heterocycles. The molecule has 0 unspecified atom stereocenters. The summed E-state index contributed by atoms with van der Waals surface area (Å²) in [5.74, 6) is -0.984. The number of nitrogens with one attached hydrogen (secondary N) is 2. The third-order valence-corrected chi connectivity index (χ3v) is 2.88. The fraction of sp³-hybridized carbons (Fsp3) is 0.0667. The molecule has 0 saturated carbocycles. The second-order valence-corrected chi connectivity index (χ2v) is 4.53. The molecule has 122 valence electrons. The highest BCUT2D eigenvalue weighted by atomic mass is 16.6. The Morgan fingerprint density at radius 2 is 1.92 bits per heavy atom. The van der Waals surface area contributed by atoms with Gasteiger partial charge in [-0.1, -0.05) is 12.1 Å². The molecule has 1 heterocycles. The van der Waals surface area contributed by atoms with Gasteiger partial charge in [0.25, 0.3) is 17.5 Å². The lowest BCUT2D eigenvalue weighted by molar-refractivity contribution is -0.385. The SMILES string of the molecule is O=C(CNC(=O)c1ccncc1)N/N=C\c1ccccc1[N+](=O)[O-]. The molecule has 1 aromatic heterocycles. The molecule has 1 aromatic carbocycles. The van der Waals surface area contributed by atoms with Gasteiger partial charge in [0.2, 0.25) is 0 Å². The van der Waals surface area contributed by atoms with Crippen LogP contribution in [0, 0.1) is 10.1 Å². The van der Waals surface area contributed by atoms with Crippen LogP contribution in [0.2, 0.25) is 0 Å². The summed E-state index contributed by atoms with van der Waals surface area (Å²) in [4.78, 5) is 37.4. The molecule has 2 rings (SSSR count). The Kier molecular flexibility index (Phi) is 5.67. The number of hydrazone groups is 1. The number of hydrogen-bond acceptors (Lipinski definition) is 6. The van der Waals surface area contributed by atoms with Gasteiger partial charge in [0.05, 0.1) is 23.2 Å². The van der Waals surface area contributed by atoms with Gasteiger partial charge in [-0.15, -0.1) is 0 Å². The predicted molar refractivity (Wildman–Crippen MR) is 85.4 cm³/mol. The molecule has 0 aliphatic heterocycles. The first-order valence-electron chi connectivity index (χ1n) is 6.81. The van der Waals surface area contributed by atoms with Crippen molar-refractivity contribution in [2.45, 2.75) is 0 Å². The molecule has 9 heteroatoms. The Labute approximate surface area is 136 Å². The summed E-state index contributed by atoms with van der Waals surface area (Å²) in [7, 11) is 0. The van der Waals surface area contributed by atoms with E-state index in [0.717, 1.165) is 0 Å². The maximum Gasteiger partial charge on any atom is 0.278 e. The summed E-state index contributed by atoms with van der Waals surface area (Å²) in [5.41, 5.74) is 2.69. The van der Waals surface area contributed by atoms with Crippen LogP contribution in [0.3, 0.4) is 0 Å². The molecule has 0 spiro atoms. The molecular weight excluding hydrogens is 314 g/mol. The van der Waals surface area contributed by atoms with Gasteiger partial charge in [-0.05, 0) is 18.2 Å². The lowest BCUT2D eigenvalue weighted by atomic mass is 10.2. The van der Waals surface area contributed by atoms with Crippen LogP contribution in [0.5, 0.6) is 0 Å². The molecule has 0 radical (unpaired) electrons. The van der Waals surface area contributed by atoms with Crippen molar-refractivity contribution in [3.63, 3.8) is 0 Å². The first kappa shape index (κ1) is 16.7. The van der Waals surface area contributed by atoms with E-state index in [1.165, 1.54) is 48.9 Å². The van der Waals surface area contributed by atoms with Crippen molar-refractivity contribution in [1.29, 1.82) is 0 Å². The summed E-state index contributed by atoms with van der Waals surface area (Å²) < 4.78 is 0. The normalized spacial score (nSPS) is 10.3. The number of nitro benzene ring substituents is 1. The van der Waals surface area contributed by atoms with Crippen molar-refractivity contribution in [3.05, 3.63) is 70.0 Å². The van der Waals surface area contributed by atoms with Gasteiger partial charge < -0.3 is 5.32 Å². The van der Waals surface area contributed by atoms with Crippen LogP contribution in [0.1, 0.15) is 15.9 Å². The second-order valence-electron chi connectivity index (χ2n) is 4.53. The van der Waals surface area contributed by atoms with Crippen LogP contribution >= 0.6 is 0 Å². The number of nitrogens with zero attached hydrogens (tertiary/aromatic N) is 3. The van der Waals surface area contributed by atoms with E-state index in [1.807, 2.05) is 0 Å². The Hall–Kier alpha value is -3.62. The van der Waals surface area contributed by atoms with Crippen molar-refractivity contribution in [3.8, 4) is 0 Å². The first-order valence-corrected chi connectivity index (χ1v) is 6.81. The third-order valence-electron chi connectivity index (χ3n) is 2.88. The highest BCUT2D eigenvalue weighted by molar-refractivity contribution is 5.96. The maximum atomic E-state index is 11.7. The number of aromatic nitrogens is 1. The maximum absolute atomic E-state index is 11.7. The monoisotopic (exact) mass is 327 g/mol. The van der Waals surface area contributed by atoms with Gasteiger partial charge in [0.1, 0.15) is 0 Å². The van der Waals surface area contributed by atoms with Gasteiger partial charge in [-0.2, -0.15) is 5.10 Å². The van der Waals surface area contributed by atoms with Crippen molar-refractivity contribution in [1.82, 2.24) is 15.7 Å². The Morgan fingerprint density at radius 1 is 1.21 bits per heavy atom. The lowest BCUT2D eigenvalue weighted by Crippen LogP contribution is -2.34. The molecule has 0 atom stereocenters. The highest BCUT2D eigenvalue weighted by Gasteiger charge is 2.10. The minimum absolute atomic E-state index is 0.124. The number of rotatable bonds is 6. The van der Waals surface area contributed by atoms with Gasteiger partial charge in [-0.25, -0.2) is 5.43 Å². The number of carbonyl (C=O) groups is 2. The summed E-state index contributed by atoms with van der Waals surface area (Å²) in [6.45, 7) is -0.282. The van der Waals surface area contributed by atoms with E-state index >= 15 is 0 Å². The fourth-order valence-electron chi connectivity index (χ4n) is 1.74. The smallest absolute Gasteiger partial charge is 0.278 e. The Morgan fingerprint density at radius 3 is 2.62 bits per heavy atom.